The zero-order chi connectivity index (χ0) is 19.9. The van der Waals surface area contributed by atoms with Crippen LogP contribution in [0.5, 0.6) is 0 Å². The third-order valence-corrected chi connectivity index (χ3v) is 6.24. The number of nitrogens with two attached hydrogens (primary N) is 1. The van der Waals surface area contributed by atoms with Crippen molar-refractivity contribution in [2.45, 2.75) is 62.7 Å². The van der Waals surface area contributed by atoms with E-state index in [-0.39, 0.29) is 5.78 Å². The Morgan fingerprint density at radius 1 is 1.19 bits per heavy atom. The fourth-order valence-electron chi connectivity index (χ4n) is 4.15. The van der Waals surface area contributed by atoms with Crippen LogP contribution < -0.4 is 5.73 Å². The van der Waals surface area contributed by atoms with Crippen LogP contribution in [0.15, 0.2) is 30.3 Å². The van der Waals surface area contributed by atoms with E-state index in [2.05, 4.69) is 12.7 Å². The summed E-state index contributed by atoms with van der Waals surface area (Å²) in [5, 5.41) is 9.58. The van der Waals surface area contributed by atoms with Crippen LogP contribution in [0.25, 0.3) is 0 Å². The fourth-order valence-corrected chi connectivity index (χ4v) is 4.15. The molecule has 1 fully saturated rings. The molecule has 1 aromatic carbocycles. The van der Waals surface area contributed by atoms with Gasteiger partial charge in [0.15, 0.2) is 0 Å². The topological polar surface area (TPSA) is 83.6 Å². The largest absolute Gasteiger partial charge is 0.480 e. The van der Waals surface area contributed by atoms with Crippen molar-refractivity contribution in [1.82, 2.24) is 4.90 Å². The number of hydrogen-bond donors (Lipinski definition) is 2. The normalized spacial score (nSPS) is 19.3. The monoisotopic (exact) mass is 372 g/mol. The number of Topliss-reactive ketones (excluding diaryl/α,β-unsaturated/α-hetero) is 1. The fraction of sp³-hybridized carbons (Fsp3) is 0.619. The van der Waals surface area contributed by atoms with E-state index in [4.69, 9.17) is 5.73 Å². The van der Waals surface area contributed by atoms with E-state index in [1.165, 1.54) is 0 Å². The third-order valence-electron chi connectivity index (χ3n) is 6.24. The SMILES string of the molecule is BCCCCC(N)(CCN1CCC(C(C)=O)(c2ccccc2)CC1)C(=O)O. The van der Waals surface area contributed by atoms with Crippen molar-refractivity contribution in [3.8, 4) is 0 Å². The van der Waals surface area contributed by atoms with Crippen LogP contribution in [0.4, 0.5) is 0 Å². The Balaban J connectivity index is 1.96. The van der Waals surface area contributed by atoms with Crippen molar-refractivity contribution >= 4 is 19.6 Å². The zero-order valence-corrected chi connectivity index (χ0v) is 16.7. The first kappa shape index (κ1) is 21.6. The van der Waals surface area contributed by atoms with Gasteiger partial charge in [-0.1, -0.05) is 49.5 Å². The van der Waals surface area contributed by atoms with E-state index in [0.29, 0.717) is 19.4 Å². The van der Waals surface area contributed by atoms with Gasteiger partial charge in [0.1, 0.15) is 19.2 Å². The van der Waals surface area contributed by atoms with Crippen molar-refractivity contribution in [3.63, 3.8) is 0 Å². The molecule has 1 aliphatic heterocycles. The lowest BCUT2D eigenvalue weighted by molar-refractivity contribution is -0.144. The highest BCUT2D eigenvalue weighted by atomic mass is 16.4. The second kappa shape index (κ2) is 9.51. The summed E-state index contributed by atoms with van der Waals surface area (Å²) in [5.41, 5.74) is 5.74. The van der Waals surface area contributed by atoms with Gasteiger partial charge in [-0.25, -0.2) is 0 Å². The van der Waals surface area contributed by atoms with Crippen molar-refractivity contribution in [2.75, 3.05) is 19.6 Å². The number of carbonyl (C=O) groups excluding carboxylic acids is 1. The number of carbonyl (C=O) groups is 2. The molecular formula is C21H33BN2O3. The molecule has 5 nitrogen and oxygen atoms in total. The first-order valence-electron chi connectivity index (χ1n) is 10.2. The number of carboxylic acids is 1. The number of carboxylic acid groups (broad SMARTS) is 1. The van der Waals surface area contributed by atoms with Crippen LogP contribution >= 0.6 is 0 Å². The molecule has 0 radical (unpaired) electrons. The predicted octanol–water partition coefficient (Wildman–Crippen LogP) is 2.00. The summed E-state index contributed by atoms with van der Waals surface area (Å²) in [4.78, 5) is 26.4. The summed E-state index contributed by atoms with van der Waals surface area (Å²) in [5.74, 6) is -0.690. The van der Waals surface area contributed by atoms with Crippen molar-refractivity contribution in [3.05, 3.63) is 35.9 Å². The predicted molar refractivity (Wildman–Crippen MR) is 111 cm³/mol. The van der Waals surface area contributed by atoms with Crippen LogP contribution in [0, 0.1) is 0 Å². The smallest absolute Gasteiger partial charge is 0.323 e. The summed E-state index contributed by atoms with van der Waals surface area (Å²) < 4.78 is 0. The number of ketones is 1. The molecule has 1 unspecified atom stereocenters. The molecule has 0 amide bonds. The second-order valence-electron chi connectivity index (χ2n) is 8.01. The molecule has 0 aromatic heterocycles. The minimum Gasteiger partial charge on any atom is -0.480 e. The Bertz CT molecular complexity index is 630. The van der Waals surface area contributed by atoms with Gasteiger partial charge in [-0.3, -0.25) is 9.59 Å². The van der Waals surface area contributed by atoms with Crippen LogP contribution in [0.1, 0.15) is 51.0 Å². The van der Waals surface area contributed by atoms with E-state index in [1.54, 1.807) is 6.92 Å². The number of aliphatic carboxylic acids is 1. The molecule has 1 atom stereocenters. The molecule has 1 saturated heterocycles. The molecule has 0 spiro atoms. The Morgan fingerprint density at radius 2 is 1.81 bits per heavy atom. The Labute approximate surface area is 163 Å². The molecule has 0 bridgehead atoms. The number of unbranched alkanes of at least 4 members (excludes halogenated alkanes) is 1. The van der Waals surface area contributed by atoms with Crippen LogP contribution in [-0.4, -0.2) is 54.8 Å². The van der Waals surface area contributed by atoms with Crippen molar-refractivity contribution in [2.24, 2.45) is 5.73 Å². The molecular weight excluding hydrogens is 339 g/mol. The molecule has 1 aliphatic rings. The Kier molecular flexibility index (Phi) is 7.63. The number of likely N-dealkylation sites (tertiary alicyclic amines) is 1. The first-order valence-corrected chi connectivity index (χ1v) is 10.2. The van der Waals surface area contributed by atoms with Crippen molar-refractivity contribution in [1.29, 1.82) is 0 Å². The Morgan fingerprint density at radius 3 is 2.33 bits per heavy atom. The summed E-state index contributed by atoms with van der Waals surface area (Å²) >= 11 is 0. The maximum Gasteiger partial charge on any atom is 0.323 e. The Hall–Kier alpha value is -1.66. The van der Waals surface area contributed by atoms with Gasteiger partial charge in [0.2, 0.25) is 0 Å². The quantitative estimate of drug-likeness (QED) is 0.485. The van der Waals surface area contributed by atoms with Crippen molar-refractivity contribution < 1.29 is 14.7 Å². The molecule has 0 saturated carbocycles. The van der Waals surface area contributed by atoms with Gasteiger partial charge in [0.05, 0.1) is 5.41 Å². The molecule has 2 rings (SSSR count). The van der Waals surface area contributed by atoms with E-state index in [1.807, 2.05) is 30.3 Å². The lowest BCUT2D eigenvalue weighted by atomic mass is 9.70. The lowest BCUT2D eigenvalue weighted by Gasteiger charge is -2.41. The van der Waals surface area contributed by atoms with Crippen LogP contribution in [0.2, 0.25) is 6.32 Å². The number of hydrogen-bond acceptors (Lipinski definition) is 4. The maximum atomic E-state index is 12.5. The highest BCUT2D eigenvalue weighted by Crippen LogP contribution is 2.36. The average Bonchev–Trinajstić information content (AvgIpc) is 2.67. The van der Waals surface area contributed by atoms with Gasteiger partial charge in [-0.2, -0.15) is 0 Å². The molecule has 1 aromatic rings. The summed E-state index contributed by atoms with van der Waals surface area (Å²) in [7, 11) is 2.10. The molecule has 0 aliphatic carbocycles. The van der Waals surface area contributed by atoms with Gasteiger partial charge in [0.25, 0.3) is 0 Å². The molecule has 27 heavy (non-hydrogen) atoms. The van der Waals surface area contributed by atoms with Gasteiger partial charge < -0.3 is 15.7 Å². The zero-order valence-electron chi connectivity index (χ0n) is 16.7. The van der Waals surface area contributed by atoms with E-state index < -0.39 is 16.9 Å². The standard InChI is InChI=1S/C21H33BN2O3/c1-17(25)20(18-7-3-2-4-8-18)10-14-24(15-11-20)16-12-21(23,19(26)27)9-5-6-13-22/h2-4,7-8H,5-6,9-16,22-23H2,1H3,(H,26,27). The molecule has 3 N–H and O–H groups in total. The average molecular weight is 372 g/mol. The number of rotatable bonds is 10. The number of benzene rings is 1. The van der Waals surface area contributed by atoms with Gasteiger partial charge >= 0.3 is 5.97 Å². The van der Waals surface area contributed by atoms with E-state index >= 15 is 0 Å². The second-order valence-corrected chi connectivity index (χ2v) is 8.01. The van der Waals surface area contributed by atoms with Crippen LogP contribution in [-0.2, 0) is 15.0 Å². The summed E-state index contributed by atoms with van der Waals surface area (Å²) in [6.07, 6.45) is 5.42. The highest BCUT2D eigenvalue weighted by molar-refractivity contribution is 6.08. The van der Waals surface area contributed by atoms with E-state index in [0.717, 1.165) is 50.7 Å². The first-order chi connectivity index (χ1) is 12.8. The number of piperidine rings is 1. The minimum absolute atomic E-state index is 0.214. The lowest BCUT2D eigenvalue weighted by Crippen LogP contribution is -2.52. The van der Waals surface area contributed by atoms with Gasteiger partial charge in [0, 0.05) is 6.54 Å². The molecule has 1 heterocycles. The maximum absolute atomic E-state index is 12.5. The third kappa shape index (κ3) is 5.20. The summed E-state index contributed by atoms with van der Waals surface area (Å²) in [6.45, 7) is 3.93. The molecule has 6 heteroatoms. The number of nitrogens with zero attached hydrogens (tertiary/aromatic N) is 1. The molecule has 148 valence electrons. The van der Waals surface area contributed by atoms with Gasteiger partial charge in [-0.05, 0) is 51.3 Å². The highest BCUT2D eigenvalue weighted by Gasteiger charge is 2.41. The minimum atomic E-state index is -1.15. The van der Waals surface area contributed by atoms with Crippen LogP contribution in [0.3, 0.4) is 0 Å². The summed E-state index contributed by atoms with van der Waals surface area (Å²) in [6, 6.07) is 10.0. The van der Waals surface area contributed by atoms with Gasteiger partial charge in [-0.15, -0.1) is 0 Å². The van der Waals surface area contributed by atoms with E-state index in [9.17, 15) is 14.7 Å².